The van der Waals surface area contributed by atoms with E-state index in [-0.39, 0.29) is 12.5 Å². The zero-order valence-corrected chi connectivity index (χ0v) is 19.9. The molecule has 9 nitrogen and oxygen atoms in total. The molecule has 0 saturated carbocycles. The van der Waals surface area contributed by atoms with Crippen LogP contribution in [-0.4, -0.2) is 71.4 Å². The van der Waals surface area contributed by atoms with E-state index in [0.717, 1.165) is 55.4 Å². The summed E-state index contributed by atoms with van der Waals surface area (Å²) in [7, 11) is 0. The lowest BCUT2D eigenvalue weighted by atomic mass is 10.1. The molecule has 174 valence electrons. The molecule has 3 aromatic rings. The highest BCUT2D eigenvalue weighted by Crippen LogP contribution is 2.20. The molecule has 1 N–H and O–H groups in total. The molecule has 10 heteroatoms. The topological polar surface area (TPSA) is 87.9 Å². The van der Waals surface area contributed by atoms with E-state index in [9.17, 15) is 4.79 Å². The number of carbonyl (C=O) groups is 1. The number of amides is 1. The summed E-state index contributed by atoms with van der Waals surface area (Å²) in [5.74, 6) is 2.94. The molecule has 0 spiro atoms. The fourth-order valence-corrected chi connectivity index (χ4v) is 4.92. The number of H-pyrrole nitrogens is 1. The van der Waals surface area contributed by atoms with Crippen LogP contribution in [-0.2, 0) is 30.8 Å². The van der Waals surface area contributed by atoms with E-state index in [0.29, 0.717) is 23.7 Å². The third-order valence-corrected chi connectivity index (χ3v) is 6.92. The van der Waals surface area contributed by atoms with Crippen LogP contribution in [0.25, 0.3) is 11.4 Å². The molecule has 1 amide bonds. The van der Waals surface area contributed by atoms with Gasteiger partial charge in [0.2, 0.25) is 5.91 Å². The van der Waals surface area contributed by atoms with Crippen molar-refractivity contribution in [2.24, 2.45) is 0 Å². The Kier molecular flexibility index (Phi) is 6.37. The summed E-state index contributed by atoms with van der Waals surface area (Å²) in [6.45, 7) is 7.09. The maximum absolute atomic E-state index is 13.1. The van der Waals surface area contributed by atoms with E-state index in [4.69, 9.17) is 12.2 Å². The predicted molar refractivity (Wildman–Crippen MR) is 127 cm³/mol. The number of hydrogen-bond acceptors (Lipinski definition) is 6. The zero-order valence-electron chi connectivity index (χ0n) is 19.0. The van der Waals surface area contributed by atoms with Crippen molar-refractivity contribution in [2.75, 3.05) is 26.2 Å². The normalized spacial score (nSPS) is 17.1. The lowest BCUT2D eigenvalue weighted by Crippen LogP contribution is -2.49. The van der Waals surface area contributed by atoms with Crippen LogP contribution in [0.5, 0.6) is 0 Å². The number of rotatable bonds is 5. The minimum absolute atomic E-state index is 0.0670. The first-order chi connectivity index (χ1) is 16.1. The van der Waals surface area contributed by atoms with Gasteiger partial charge in [0.25, 0.3) is 0 Å². The Morgan fingerprint density at radius 3 is 2.76 bits per heavy atom. The number of piperazine rings is 1. The van der Waals surface area contributed by atoms with Crippen molar-refractivity contribution < 1.29 is 4.79 Å². The standard InChI is InChI=1S/C23H30N8OS/c1-17-6-5-7-18(14-17)22-26-27-23(33)31(22)16-21(32)29-12-10-28(11-13-29)15-20-25-24-19-8-3-2-4-9-30(19)20/h5-7,14H,2-4,8-13,15-16H2,1H3,(H,27,33). The molecule has 33 heavy (non-hydrogen) atoms. The Morgan fingerprint density at radius 2 is 1.94 bits per heavy atom. The number of carbonyl (C=O) groups excluding carboxylic acids is 1. The van der Waals surface area contributed by atoms with Crippen LogP contribution in [0.4, 0.5) is 0 Å². The van der Waals surface area contributed by atoms with Gasteiger partial charge in [-0.3, -0.25) is 19.4 Å². The predicted octanol–water partition coefficient (Wildman–Crippen LogP) is 2.58. The van der Waals surface area contributed by atoms with E-state index in [1.807, 2.05) is 30.0 Å². The minimum Gasteiger partial charge on any atom is -0.339 e. The van der Waals surface area contributed by atoms with Crippen LogP contribution in [0.3, 0.4) is 0 Å². The molecule has 0 radical (unpaired) electrons. The highest BCUT2D eigenvalue weighted by atomic mass is 32.1. The molecule has 1 saturated heterocycles. The van der Waals surface area contributed by atoms with Crippen LogP contribution in [0.1, 0.15) is 36.5 Å². The number of aryl methyl sites for hydroxylation is 2. The molecule has 4 heterocycles. The van der Waals surface area contributed by atoms with Gasteiger partial charge in [0, 0.05) is 44.7 Å². The number of fused-ring (bicyclic) bond motifs is 1. The second-order valence-electron chi connectivity index (χ2n) is 8.96. The summed E-state index contributed by atoms with van der Waals surface area (Å²) in [5, 5.41) is 16.1. The monoisotopic (exact) mass is 466 g/mol. The number of aromatic nitrogens is 6. The van der Waals surface area contributed by atoms with Crippen LogP contribution in [0, 0.1) is 11.7 Å². The largest absolute Gasteiger partial charge is 0.339 e. The van der Waals surface area contributed by atoms with Crippen LogP contribution >= 0.6 is 12.2 Å². The summed E-state index contributed by atoms with van der Waals surface area (Å²) >= 11 is 5.42. The third-order valence-electron chi connectivity index (χ3n) is 6.60. The van der Waals surface area contributed by atoms with E-state index < -0.39 is 0 Å². The van der Waals surface area contributed by atoms with Crippen LogP contribution < -0.4 is 0 Å². The number of nitrogens with zero attached hydrogens (tertiary/aromatic N) is 7. The molecule has 1 aromatic carbocycles. The van der Waals surface area contributed by atoms with Crippen molar-refractivity contribution in [2.45, 2.75) is 52.2 Å². The van der Waals surface area contributed by atoms with E-state index in [2.05, 4.69) is 35.9 Å². The summed E-state index contributed by atoms with van der Waals surface area (Å²) in [5.41, 5.74) is 2.09. The summed E-state index contributed by atoms with van der Waals surface area (Å²) < 4.78 is 4.56. The first-order valence-corrected chi connectivity index (χ1v) is 12.1. The first kappa shape index (κ1) is 22.0. The second-order valence-corrected chi connectivity index (χ2v) is 9.35. The van der Waals surface area contributed by atoms with Crippen molar-refractivity contribution in [3.05, 3.63) is 46.2 Å². The number of aromatic amines is 1. The molecular formula is C23H30N8OS. The molecule has 5 rings (SSSR count). The molecule has 2 aromatic heterocycles. The SMILES string of the molecule is Cc1cccc(-c2n[nH]c(=S)n2CC(=O)N2CCN(Cc3nnc4n3CCCCC4)CC2)c1. The number of hydrogen-bond donors (Lipinski definition) is 1. The summed E-state index contributed by atoms with van der Waals surface area (Å²) in [4.78, 5) is 17.4. The second kappa shape index (κ2) is 9.56. The van der Waals surface area contributed by atoms with Gasteiger partial charge in [0.15, 0.2) is 10.6 Å². The van der Waals surface area contributed by atoms with Gasteiger partial charge < -0.3 is 9.47 Å². The molecule has 1 fully saturated rings. The van der Waals surface area contributed by atoms with Gasteiger partial charge >= 0.3 is 0 Å². The van der Waals surface area contributed by atoms with Crippen molar-refractivity contribution in [3.63, 3.8) is 0 Å². The molecule has 0 atom stereocenters. The average Bonchev–Trinajstić information content (AvgIpc) is 3.27. The molecular weight excluding hydrogens is 436 g/mol. The molecule has 0 unspecified atom stereocenters. The van der Waals surface area contributed by atoms with Crippen molar-refractivity contribution in [3.8, 4) is 11.4 Å². The average molecular weight is 467 g/mol. The highest BCUT2D eigenvalue weighted by Gasteiger charge is 2.24. The van der Waals surface area contributed by atoms with Gasteiger partial charge in [0.1, 0.15) is 18.2 Å². The fraction of sp³-hybridized carbons (Fsp3) is 0.522. The lowest BCUT2D eigenvalue weighted by molar-refractivity contribution is -0.133. The Bertz CT molecular complexity index is 1190. The summed E-state index contributed by atoms with van der Waals surface area (Å²) in [6.07, 6.45) is 4.68. The molecule has 0 bridgehead atoms. The minimum atomic E-state index is 0.0670. The number of nitrogens with one attached hydrogen (secondary N) is 1. The third kappa shape index (κ3) is 4.77. The highest BCUT2D eigenvalue weighted by molar-refractivity contribution is 7.71. The fourth-order valence-electron chi connectivity index (χ4n) is 4.72. The van der Waals surface area contributed by atoms with Crippen molar-refractivity contribution in [1.29, 1.82) is 0 Å². The van der Waals surface area contributed by atoms with Gasteiger partial charge in [-0.25, -0.2) is 0 Å². The Morgan fingerprint density at radius 1 is 1.09 bits per heavy atom. The van der Waals surface area contributed by atoms with E-state index in [1.54, 1.807) is 4.57 Å². The van der Waals surface area contributed by atoms with Crippen LogP contribution in [0.2, 0.25) is 0 Å². The maximum atomic E-state index is 13.1. The van der Waals surface area contributed by atoms with Crippen molar-refractivity contribution >= 4 is 18.1 Å². The summed E-state index contributed by atoms with van der Waals surface area (Å²) in [6, 6.07) is 8.07. The quantitative estimate of drug-likeness (QED) is 0.582. The van der Waals surface area contributed by atoms with Gasteiger partial charge in [-0.05, 0) is 38.0 Å². The number of benzene rings is 1. The van der Waals surface area contributed by atoms with Gasteiger partial charge in [-0.1, -0.05) is 30.2 Å². The van der Waals surface area contributed by atoms with E-state index in [1.165, 1.54) is 19.3 Å². The first-order valence-electron chi connectivity index (χ1n) is 11.7. The van der Waals surface area contributed by atoms with Gasteiger partial charge in [-0.2, -0.15) is 5.10 Å². The van der Waals surface area contributed by atoms with E-state index >= 15 is 0 Å². The lowest BCUT2D eigenvalue weighted by Gasteiger charge is -2.34. The Hall–Kier alpha value is -2.85. The van der Waals surface area contributed by atoms with Gasteiger partial charge in [0.05, 0.1) is 6.54 Å². The zero-order chi connectivity index (χ0) is 22.8. The molecule has 2 aliphatic rings. The van der Waals surface area contributed by atoms with Gasteiger partial charge in [-0.15, -0.1) is 10.2 Å². The smallest absolute Gasteiger partial charge is 0.242 e. The maximum Gasteiger partial charge on any atom is 0.242 e. The molecule has 0 aliphatic carbocycles. The van der Waals surface area contributed by atoms with Crippen molar-refractivity contribution in [1.82, 2.24) is 39.3 Å². The Labute approximate surface area is 198 Å². The molecule has 2 aliphatic heterocycles. The van der Waals surface area contributed by atoms with Crippen LogP contribution in [0.15, 0.2) is 24.3 Å². The Balaban J connectivity index is 1.20.